The van der Waals surface area contributed by atoms with Crippen LogP contribution in [0.5, 0.6) is 0 Å². The van der Waals surface area contributed by atoms with Crippen molar-refractivity contribution in [2.75, 3.05) is 18.9 Å². The molecule has 6 nitrogen and oxygen atoms in total. The Morgan fingerprint density at radius 1 is 1.26 bits per heavy atom. The molecular formula is C18H15F2N3O3S. The van der Waals surface area contributed by atoms with Crippen LogP contribution in [0.15, 0.2) is 47.2 Å². The molecule has 0 aliphatic rings. The maximum atomic E-state index is 13.3. The number of nitrogens with one attached hydrogen (secondary N) is 1. The van der Waals surface area contributed by atoms with Crippen molar-refractivity contribution in [3.8, 4) is 0 Å². The molecule has 0 fully saturated rings. The molecule has 1 aromatic carbocycles. The molecule has 27 heavy (non-hydrogen) atoms. The molecule has 0 aliphatic heterocycles. The summed E-state index contributed by atoms with van der Waals surface area (Å²) in [6.45, 7) is -0.169. The molecule has 0 saturated heterocycles. The number of rotatable bonds is 6. The van der Waals surface area contributed by atoms with Gasteiger partial charge in [-0.25, -0.2) is 13.8 Å². The predicted molar refractivity (Wildman–Crippen MR) is 95.6 cm³/mol. The van der Waals surface area contributed by atoms with Crippen molar-refractivity contribution in [1.82, 2.24) is 9.88 Å². The summed E-state index contributed by atoms with van der Waals surface area (Å²) in [5.74, 6) is -2.48. The van der Waals surface area contributed by atoms with Crippen LogP contribution < -0.4 is 5.32 Å². The van der Waals surface area contributed by atoms with Crippen molar-refractivity contribution in [3.05, 3.63) is 70.6 Å². The van der Waals surface area contributed by atoms with Crippen molar-refractivity contribution in [2.45, 2.75) is 6.42 Å². The molecule has 3 aromatic rings. The third kappa shape index (κ3) is 4.76. The molecule has 2 heterocycles. The highest BCUT2D eigenvalue weighted by Crippen LogP contribution is 2.22. The summed E-state index contributed by atoms with van der Waals surface area (Å²) < 4.78 is 31.2. The summed E-state index contributed by atoms with van der Waals surface area (Å²) in [6, 6.07) is 6.79. The zero-order valence-electron chi connectivity index (χ0n) is 14.2. The number of halogens is 2. The maximum absolute atomic E-state index is 13.3. The molecule has 0 atom stereocenters. The second-order valence-corrected chi connectivity index (χ2v) is 6.86. The van der Waals surface area contributed by atoms with Gasteiger partial charge >= 0.3 is 0 Å². The summed E-state index contributed by atoms with van der Waals surface area (Å²) in [5.41, 5.74) is 0.596. The highest BCUT2D eigenvalue weighted by atomic mass is 32.1. The Morgan fingerprint density at radius 2 is 2.07 bits per heavy atom. The van der Waals surface area contributed by atoms with Crippen molar-refractivity contribution >= 4 is 28.3 Å². The van der Waals surface area contributed by atoms with Crippen LogP contribution in [0.3, 0.4) is 0 Å². The summed E-state index contributed by atoms with van der Waals surface area (Å²) in [6.07, 6.45) is 3.30. The Labute approximate surface area is 157 Å². The van der Waals surface area contributed by atoms with Gasteiger partial charge in [0.15, 0.2) is 22.5 Å². The predicted octanol–water partition coefficient (Wildman–Crippen LogP) is 3.32. The molecule has 2 amide bonds. The molecule has 9 heteroatoms. The topological polar surface area (TPSA) is 75.4 Å². The Bertz CT molecular complexity index is 957. The number of likely N-dealkylation sites (N-methyl/N-ethyl adjacent to an activating group) is 1. The fourth-order valence-corrected chi connectivity index (χ4v) is 3.20. The van der Waals surface area contributed by atoms with Gasteiger partial charge in [0.2, 0.25) is 5.91 Å². The molecular weight excluding hydrogens is 376 g/mol. The van der Waals surface area contributed by atoms with E-state index >= 15 is 0 Å². The van der Waals surface area contributed by atoms with E-state index in [1.807, 2.05) is 0 Å². The Morgan fingerprint density at radius 3 is 2.78 bits per heavy atom. The zero-order valence-corrected chi connectivity index (χ0v) is 15.1. The monoisotopic (exact) mass is 391 g/mol. The molecule has 2 aromatic heterocycles. The van der Waals surface area contributed by atoms with E-state index in [0.29, 0.717) is 17.1 Å². The maximum Gasteiger partial charge on any atom is 0.289 e. The third-order valence-corrected chi connectivity index (χ3v) is 4.53. The van der Waals surface area contributed by atoms with Gasteiger partial charge < -0.3 is 14.6 Å². The van der Waals surface area contributed by atoms with E-state index in [-0.39, 0.29) is 12.3 Å². The molecule has 1 N–H and O–H groups in total. The lowest BCUT2D eigenvalue weighted by atomic mass is 10.1. The first-order valence-corrected chi connectivity index (χ1v) is 8.71. The number of carbonyl (C=O) groups is 2. The zero-order chi connectivity index (χ0) is 19.4. The van der Waals surface area contributed by atoms with Crippen LogP contribution in [0, 0.1) is 11.6 Å². The van der Waals surface area contributed by atoms with E-state index in [0.717, 1.165) is 17.0 Å². The van der Waals surface area contributed by atoms with Crippen molar-refractivity contribution in [2.24, 2.45) is 0 Å². The highest BCUT2D eigenvalue weighted by Gasteiger charge is 2.18. The standard InChI is InChI=1S/C18H15F2N3O3S/c1-23(17(25)15-3-2-6-26-15)10-16(24)22-18-21-9-12(27-18)7-11-4-5-13(19)14(20)8-11/h2-6,8-9H,7,10H2,1H3,(H,21,22,24). The number of anilines is 1. The third-order valence-electron chi connectivity index (χ3n) is 3.62. The van der Waals surface area contributed by atoms with Crippen LogP contribution in [0.1, 0.15) is 21.0 Å². The minimum atomic E-state index is -0.908. The summed E-state index contributed by atoms with van der Waals surface area (Å²) in [5, 5.41) is 2.97. The van der Waals surface area contributed by atoms with Crippen molar-refractivity contribution in [3.63, 3.8) is 0 Å². The van der Waals surface area contributed by atoms with Gasteiger partial charge in [0.1, 0.15) is 6.54 Å². The van der Waals surface area contributed by atoms with E-state index in [1.54, 1.807) is 12.3 Å². The van der Waals surface area contributed by atoms with Gasteiger partial charge in [-0.2, -0.15) is 0 Å². The minimum absolute atomic E-state index is 0.147. The highest BCUT2D eigenvalue weighted by molar-refractivity contribution is 7.15. The average molecular weight is 391 g/mol. The number of hydrogen-bond donors (Lipinski definition) is 1. The summed E-state index contributed by atoms with van der Waals surface area (Å²) >= 11 is 1.22. The molecule has 140 valence electrons. The molecule has 0 saturated carbocycles. The van der Waals surface area contributed by atoms with Gasteiger partial charge in [-0.05, 0) is 29.8 Å². The number of benzene rings is 1. The van der Waals surface area contributed by atoms with Crippen LogP contribution in [-0.4, -0.2) is 35.3 Å². The van der Waals surface area contributed by atoms with Crippen LogP contribution >= 0.6 is 11.3 Å². The number of thiazole rings is 1. The second-order valence-electron chi connectivity index (χ2n) is 5.74. The quantitative estimate of drug-likeness (QED) is 0.700. The lowest BCUT2D eigenvalue weighted by molar-refractivity contribution is -0.116. The van der Waals surface area contributed by atoms with Gasteiger partial charge in [-0.15, -0.1) is 11.3 Å². The lowest BCUT2D eigenvalue weighted by Crippen LogP contribution is -2.34. The normalized spacial score (nSPS) is 10.6. The largest absolute Gasteiger partial charge is 0.459 e. The number of nitrogens with zero attached hydrogens (tertiary/aromatic N) is 2. The first-order valence-electron chi connectivity index (χ1n) is 7.90. The smallest absolute Gasteiger partial charge is 0.289 e. The second kappa shape index (κ2) is 8.09. The van der Waals surface area contributed by atoms with E-state index in [1.165, 1.54) is 41.7 Å². The molecule has 0 radical (unpaired) electrons. The summed E-state index contributed by atoms with van der Waals surface area (Å²) in [7, 11) is 1.49. The first kappa shape index (κ1) is 18.7. The summed E-state index contributed by atoms with van der Waals surface area (Å²) in [4.78, 5) is 30.2. The van der Waals surface area contributed by atoms with Crippen LogP contribution in [0.2, 0.25) is 0 Å². The van der Waals surface area contributed by atoms with E-state index in [2.05, 4.69) is 10.3 Å². The van der Waals surface area contributed by atoms with Crippen LogP contribution in [-0.2, 0) is 11.2 Å². The first-order chi connectivity index (χ1) is 12.9. The number of amides is 2. The molecule has 0 aliphatic carbocycles. The van der Waals surface area contributed by atoms with Gasteiger partial charge in [-0.3, -0.25) is 9.59 Å². The SMILES string of the molecule is CN(CC(=O)Nc1ncc(Cc2ccc(F)c(F)c2)s1)C(=O)c1ccco1. The van der Waals surface area contributed by atoms with Crippen molar-refractivity contribution < 1.29 is 22.8 Å². The fourth-order valence-electron chi connectivity index (χ4n) is 2.33. The number of hydrogen-bond acceptors (Lipinski definition) is 5. The average Bonchev–Trinajstić information content (AvgIpc) is 3.29. The number of carbonyl (C=O) groups excluding carboxylic acids is 2. The van der Waals surface area contributed by atoms with Gasteiger partial charge in [0.05, 0.1) is 6.26 Å². The number of furan rings is 1. The minimum Gasteiger partial charge on any atom is -0.459 e. The van der Waals surface area contributed by atoms with Crippen molar-refractivity contribution in [1.29, 1.82) is 0 Å². The fraction of sp³-hybridized carbons (Fsp3) is 0.167. The van der Waals surface area contributed by atoms with Crippen LogP contribution in [0.25, 0.3) is 0 Å². The molecule has 0 spiro atoms. The van der Waals surface area contributed by atoms with Gasteiger partial charge in [-0.1, -0.05) is 6.07 Å². The molecule has 3 rings (SSSR count). The molecule has 0 bridgehead atoms. The van der Waals surface area contributed by atoms with E-state index < -0.39 is 23.4 Å². The Hall–Kier alpha value is -3.07. The molecule has 0 unspecified atom stereocenters. The van der Waals surface area contributed by atoms with Crippen LogP contribution in [0.4, 0.5) is 13.9 Å². The van der Waals surface area contributed by atoms with E-state index in [9.17, 15) is 18.4 Å². The lowest BCUT2D eigenvalue weighted by Gasteiger charge is -2.14. The number of aromatic nitrogens is 1. The Balaban J connectivity index is 1.56. The van der Waals surface area contributed by atoms with Gasteiger partial charge in [0, 0.05) is 24.5 Å². The van der Waals surface area contributed by atoms with E-state index in [4.69, 9.17) is 4.42 Å². The van der Waals surface area contributed by atoms with Gasteiger partial charge in [0.25, 0.3) is 5.91 Å². The Kier molecular flexibility index (Phi) is 5.60.